The minimum atomic E-state index is -4.19. The minimum absolute atomic E-state index is 0.159. The van der Waals surface area contributed by atoms with Crippen LogP contribution in [0.25, 0.3) is 0 Å². The van der Waals surface area contributed by atoms with E-state index in [0.29, 0.717) is 5.69 Å². The third-order valence-corrected chi connectivity index (χ3v) is 6.36. The molecule has 1 aromatic carbocycles. The molecule has 7 heteroatoms. The Kier molecular flexibility index (Phi) is 8.19. The highest BCUT2D eigenvalue weighted by Gasteiger charge is 2.30. The lowest BCUT2D eigenvalue weighted by Gasteiger charge is -2.17. The third kappa shape index (κ3) is 6.74. The van der Waals surface area contributed by atoms with E-state index in [-0.39, 0.29) is 12.5 Å². The highest BCUT2D eigenvalue weighted by Crippen LogP contribution is 2.47. The van der Waals surface area contributed by atoms with E-state index in [2.05, 4.69) is 11.6 Å². The number of para-hydroxylation sites is 1. The lowest BCUT2D eigenvalue weighted by molar-refractivity contribution is 0.213. The largest absolute Gasteiger partial charge is 0.435 e. The van der Waals surface area contributed by atoms with Gasteiger partial charge < -0.3 is 4.89 Å². The fourth-order valence-corrected chi connectivity index (χ4v) is 3.89. The molecule has 5 nitrogen and oxygen atoms in total. The summed E-state index contributed by atoms with van der Waals surface area (Å²) in [5.74, 6) is 0.221. The quantitative estimate of drug-likeness (QED) is 0.632. The summed E-state index contributed by atoms with van der Waals surface area (Å²) in [6.45, 7) is 0.0917. The van der Waals surface area contributed by atoms with Gasteiger partial charge in [-0.05, 0) is 24.5 Å². The van der Waals surface area contributed by atoms with Crippen LogP contribution in [0.4, 0.5) is 5.69 Å². The van der Waals surface area contributed by atoms with Gasteiger partial charge in [-0.25, -0.2) is 8.77 Å². The molecule has 1 aromatic rings. The monoisotopic (exact) mass is 333 g/mol. The van der Waals surface area contributed by atoms with Crippen LogP contribution >= 0.6 is 6.80 Å². The number of rotatable bonds is 10. The summed E-state index contributed by atoms with van der Waals surface area (Å²) in [5.41, 5.74) is 0.520. The van der Waals surface area contributed by atoms with Crippen molar-refractivity contribution >= 4 is 23.1 Å². The Labute approximate surface area is 129 Å². The van der Waals surface area contributed by atoms with Crippen LogP contribution in [-0.2, 0) is 19.7 Å². The van der Waals surface area contributed by atoms with Crippen LogP contribution in [0.3, 0.4) is 0 Å². The maximum absolute atomic E-state index is 12.0. The first-order valence-electron chi connectivity index (χ1n) is 7.21. The molecule has 21 heavy (non-hydrogen) atoms. The fourth-order valence-electron chi connectivity index (χ4n) is 1.81. The third-order valence-electron chi connectivity index (χ3n) is 3.21. The molecular weight excluding hydrogens is 309 g/mol. The van der Waals surface area contributed by atoms with E-state index >= 15 is 0 Å². The minimum Gasteiger partial charge on any atom is -0.314 e. The van der Waals surface area contributed by atoms with Gasteiger partial charge in [-0.3, -0.25) is 9.25 Å². The van der Waals surface area contributed by atoms with Crippen LogP contribution in [0.15, 0.2) is 30.3 Å². The lowest BCUT2D eigenvalue weighted by Crippen LogP contribution is -2.12. The molecule has 0 aromatic heterocycles. The van der Waals surface area contributed by atoms with Crippen LogP contribution in [0.2, 0.25) is 0 Å². The van der Waals surface area contributed by atoms with Crippen LogP contribution in [0.5, 0.6) is 0 Å². The molecule has 3 atom stereocenters. The standard InChI is InChI=1S/C14H24NO4PS/c1-3-5-9-13(4-2)12-19-20(16,17)21(18)15-14-10-7-6-8-11-14/h6-8,10-11,13,15H,3-5,9,12H2,1-2H3,(H,16,17). The van der Waals surface area contributed by atoms with Gasteiger partial charge in [0, 0.05) is 5.69 Å². The van der Waals surface area contributed by atoms with Crippen molar-refractivity contribution in [3.05, 3.63) is 30.3 Å². The Morgan fingerprint density at radius 2 is 2.00 bits per heavy atom. The van der Waals surface area contributed by atoms with Crippen LogP contribution in [0, 0.1) is 5.92 Å². The first-order valence-corrected chi connectivity index (χ1v) is 10.5. The van der Waals surface area contributed by atoms with E-state index in [4.69, 9.17) is 4.52 Å². The van der Waals surface area contributed by atoms with Crippen LogP contribution in [0.1, 0.15) is 39.5 Å². The lowest BCUT2D eigenvalue weighted by atomic mass is 10.0. The Bertz CT molecular complexity index is 483. The van der Waals surface area contributed by atoms with E-state index in [1.54, 1.807) is 24.3 Å². The van der Waals surface area contributed by atoms with Gasteiger partial charge >= 0.3 is 6.80 Å². The molecule has 0 aliphatic carbocycles. The molecule has 120 valence electrons. The molecule has 1 rings (SSSR count). The predicted octanol–water partition coefficient (Wildman–Crippen LogP) is 4.10. The number of hydrogen-bond donors (Lipinski definition) is 2. The number of hydrogen-bond acceptors (Lipinski definition) is 3. The van der Waals surface area contributed by atoms with Crippen molar-refractivity contribution in [2.45, 2.75) is 39.5 Å². The zero-order valence-electron chi connectivity index (χ0n) is 12.5. The smallest absolute Gasteiger partial charge is 0.314 e. The van der Waals surface area contributed by atoms with Gasteiger partial charge in [0.2, 0.25) is 10.6 Å². The van der Waals surface area contributed by atoms with Crippen molar-refractivity contribution in [2.75, 3.05) is 11.3 Å². The van der Waals surface area contributed by atoms with E-state index in [0.717, 1.165) is 25.7 Å². The number of nitrogens with one attached hydrogen (secondary N) is 1. The summed E-state index contributed by atoms with van der Waals surface area (Å²) < 4.78 is 31.5. The SMILES string of the molecule is CCCCC(CC)COP(=O)(O)S(=O)Nc1ccccc1. The molecule has 0 saturated heterocycles. The summed E-state index contributed by atoms with van der Waals surface area (Å²) in [6, 6.07) is 8.66. The van der Waals surface area contributed by atoms with Crippen molar-refractivity contribution in [1.82, 2.24) is 0 Å². The van der Waals surface area contributed by atoms with Gasteiger partial charge in [-0.15, -0.1) is 0 Å². The summed E-state index contributed by atoms with van der Waals surface area (Å²) >= 11 is 0. The van der Waals surface area contributed by atoms with Gasteiger partial charge in [0.15, 0.2) is 0 Å². The van der Waals surface area contributed by atoms with E-state index in [1.165, 1.54) is 0 Å². The van der Waals surface area contributed by atoms with Crippen molar-refractivity contribution in [3.8, 4) is 0 Å². The molecule has 0 heterocycles. The molecule has 0 bridgehead atoms. The van der Waals surface area contributed by atoms with Crippen molar-refractivity contribution < 1.29 is 18.2 Å². The molecule has 0 saturated carbocycles. The second-order valence-electron chi connectivity index (χ2n) is 4.90. The van der Waals surface area contributed by atoms with E-state index < -0.39 is 17.4 Å². The molecule has 0 radical (unpaired) electrons. The average Bonchev–Trinajstić information content (AvgIpc) is 2.48. The normalized spacial score (nSPS) is 16.9. The molecule has 0 spiro atoms. The molecule has 0 aliphatic rings. The number of benzene rings is 1. The first kappa shape index (κ1) is 18.4. The maximum atomic E-state index is 12.0. The Morgan fingerprint density at radius 3 is 2.57 bits per heavy atom. The van der Waals surface area contributed by atoms with Gasteiger partial charge in [0.1, 0.15) is 0 Å². The second-order valence-corrected chi connectivity index (χ2v) is 9.18. The van der Waals surface area contributed by atoms with Gasteiger partial charge in [-0.2, -0.15) is 0 Å². The zero-order valence-corrected chi connectivity index (χ0v) is 14.2. The van der Waals surface area contributed by atoms with Crippen LogP contribution < -0.4 is 4.72 Å². The Balaban J connectivity index is 2.51. The molecule has 2 N–H and O–H groups in total. The summed E-state index contributed by atoms with van der Waals surface area (Å²) in [7, 11) is -2.17. The molecule has 0 amide bonds. The predicted molar refractivity (Wildman–Crippen MR) is 87.3 cm³/mol. The summed E-state index contributed by atoms with van der Waals surface area (Å²) in [5, 5.41) is 0. The fraction of sp³-hybridized carbons (Fsp3) is 0.571. The zero-order chi connectivity index (χ0) is 15.7. The van der Waals surface area contributed by atoms with Crippen molar-refractivity contribution in [1.29, 1.82) is 0 Å². The first-order chi connectivity index (χ1) is 9.99. The van der Waals surface area contributed by atoms with E-state index in [9.17, 15) is 13.7 Å². The van der Waals surface area contributed by atoms with Gasteiger partial charge in [0.05, 0.1) is 6.61 Å². The van der Waals surface area contributed by atoms with E-state index in [1.807, 2.05) is 13.0 Å². The van der Waals surface area contributed by atoms with Crippen molar-refractivity contribution in [3.63, 3.8) is 0 Å². The maximum Gasteiger partial charge on any atom is 0.435 e. The molecule has 3 unspecified atom stereocenters. The summed E-state index contributed by atoms with van der Waals surface area (Å²) in [6.07, 6.45) is 3.96. The topological polar surface area (TPSA) is 75.6 Å². The Morgan fingerprint density at radius 1 is 1.33 bits per heavy atom. The molecular formula is C14H24NO4PS. The average molecular weight is 333 g/mol. The highest BCUT2D eigenvalue weighted by atomic mass is 32.8. The summed E-state index contributed by atoms with van der Waals surface area (Å²) in [4.78, 5) is 9.78. The number of anilines is 1. The van der Waals surface area contributed by atoms with Crippen molar-refractivity contribution in [2.24, 2.45) is 5.92 Å². The number of unbranched alkanes of at least 4 members (excludes halogenated alkanes) is 1. The Hall–Kier alpha value is -0.680. The van der Waals surface area contributed by atoms with Crippen LogP contribution in [-0.4, -0.2) is 15.7 Å². The molecule has 0 fully saturated rings. The molecule has 0 aliphatic heterocycles. The second kappa shape index (κ2) is 9.36. The highest BCUT2D eigenvalue weighted by molar-refractivity contribution is 8.46. The van der Waals surface area contributed by atoms with Gasteiger partial charge in [0.25, 0.3) is 0 Å². The van der Waals surface area contributed by atoms with Gasteiger partial charge in [-0.1, -0.05) is 51.3 Å².